The molecule has 4 aliphatic carbocycles. The molecule has 5 fully saturated rings. The minimum absolute atomic E-state index is 0.0931. The molecule has 23 heavy (non-hydrogen) atoms. The zero-order chi connectivity index (χ0) is 15.4. The highest BCUT2D eigenvalue weighted by atomic mass is 16.6. The molecule has 1 saturated heterocycles. The number of carbonyl (C=O) groups excluding carboxylic acids is 1. The monoisotopic (exact) mass is 314 g/mol. The van der Waals surface area contributed by atoms with Crippen LogP contribution in [0.15, 0.2) is 11.6 Å². The van der Waals surface area contributed by atoms with Crippen LogP contribution in [-0.4, -0.2) is 24.3 Å². The van der Waals surface area contributed by atoms with Crippen LogP contribution in [0.5, 0.6) is 0 Å². The molecule has 2 spiro atoms. The van der Waals surface area contributed by atoms with Crippen LogP contribution < -0.4 is 0 Å². The van der Waals surface area contributed by atoms with E-state index in [-0.39, 0.29) is 12.1 Å². The summed E-state index contributed by atoms with van der Waals surface area (Å²) in [7, 11) is 0. The largest absolute Gasteiger partial charge is 0.455 e. The van der Waals surface area contributed by atoms with Gasteiger partial charge in [-0.25, -0.2) is 4.79 Å². The number of esters is 1. The first kappa shape index (κ1) is 13.5. The van der Waals surface area contributed by atoms with E-state index in [2.05, 4.69) is 6.92 Å². The van der Waals surface area contributed by atoms with Crippen molar-refractivity contribution in [3.63, 3.8) is 0 Å². The van der Waals surface area contributed by atoms with Gasteiger partial charge in [0, 0.05) is 6.08 Å². The topological polar surface area (TPSA) is 38.8 Å². The molecule has 0 unspecified atom stereocenters. The average molecular weight is 314 g/mol. The van der Waals surface area contributed by atoms with E-state index in [1.807, 2.05) is 6.08 Å². The number of epoxide rings is 1. The van der Waals surface area contributed by atoms with Gasteiger partial charge in [-0.15, -0.1) is 0 Å². The molecule has 2 aliphatic heterocycles. The van der Waals surface area contributed by atoms with E-state index in [4.69, 9.17) is 9.47 Å². The lowest BCUT2D eigenvalue weighted by Gasteiger charge is -2.60. The van der Waals surface area contributed by atoms with Crippen molar-refractivity contribution in [3.8, 4) is 0 Å². The minimum Gasteiger partial charge on any atom is -0.455 e. The summed E-state index contributed by atoms with van der Waals surface area (Å²) in [5.74, 6) is 2.15. The Kier molecular flexibility index (Phi) is 2.27. The first-order chi connectivity index (χ1) is 11.0. The third-order valence-electron chi connectivity index (χ3n) is 8.89. The molecule has 0 aromatic carbocycles. The van der Waals surface area contributed by atoms with Crippen molar-refractivity contribution in [3.05, 3.63) is 11.6 Å². The smallest absolute Gasteiger partial charge is 0.331 e. The highest BCUT2D eigenvalue weighted by molar-refractivity contribution is 5.86. The molecule has 2 heterocycles. The molecule has 3 heteroatoms. The maximum atomic E-state index is 11.8. The van der Waals surface area contributed by atoms with Gasteiger partial charge in [-0.05, 0) is 85.5 Å². The Bertz CT molecular complexity index is 633. The molecule has 2 bridgehead atoms. The summed E-state index contributed by atoms with van der Waals surface area (Å²) in [5.41, 5.74) is 2.55. The van der Waals surface area contributed by atoms with Crippen molar-refractivity contribution in [2.45, 2.75) is 70.0 Å². The molecule has 0 N–H and O–H groups in total. The Labute approximate surface area is 137 Å². The number of rotatable bonds is 0. The van der Waals surface area contributed by atoms with Crippen molar-refractivity contribution >= 4 is 5.97 Å². The Balaban J connectivity index is 1.41. The van der Waals surface area contributed by atoms with Crippen LogP contribution in [0.1, 0.15) is 58.3 Å². The molecule has 0 amide bonds. The van der Waals surface area contributed by atoms with Gasteiger partial charge in [-0.1, -0.05) is 6.92 Å². The summed E-state index contributed by atoms with van der Waals surface area (Å²) in [6.45, 7) is 3.57. The number of fused-ring (bicyclic) bond motifs is 6. The number of ether oxygens (including phenoxy) is 2. The van der Waals surface area contributed by atoms with Crippen LogP contribution in [0.3, 0.4) is 0 Å². The van der Waals surface area contributed by atoms with Gasteiger partial charge in [0.15, 0.2) is 0 Å². The van der Waals surface area contributed by atoms with Crippen molar-refractivity contribution in [1.29, 1.82) is 0 Å². The second-order valence-corrected chi connectivity index (χ2v) is 9.63. The molecule has 124 valence electrons. The normalized spacial score (nSPS) is 59.0. The van der Waals surface area contributed by atoms with Crippen LogP contribution >= 0.6 is 0 Å². The van der Waals surface area contributed by atoms with Gasteiger partial charge in [0.1, 0.15) is 6.10 Å². The fraction of sp³-hybridized carbons (Fsp3) is 0.850. The van der Waals surface area contributed by atoms with E-state index >= 15 is 0 Å². The predicted molar refractivity (Wildman–Crippen MR) is 84.6 cm³/mol. The summed E-state index contributed by atoms with van der Waals surface area (Å²) >= 11 is 0. The molecule has 3 nitrogen and oxygen atoms in total. The predicted octanol–water partition coefficient (Wildman–Crippen LogP) is 3.62. The van der Waals surface area contributed by atoms with Crippen LogP contribution in [0.2, 0.25) is 0 Å². The van der Waals surface area contributed by atoms with E-state index in [0.717, 1.165) is 24.9 Å². The quantitative estimate of drug-likeness (QED) is 0.506. The molecule has 6 aliphatic rings. The van der Waals surface area contributed by atoms with Crippen molar-refractivity contribution in [2.75, 3.05) is 6.61 Å². The Morgan fingerprint density at radius 3 is 2.87 bits per heavy atom. The molecular weight excluding hydrogens is 288 g/mol. The third-order valence-corrected chi connectivity index (χ3v) is 8.89. The average Bonchev–Trinajstić information content (AvgIpc) is 3.13. The van der Waals surface area contributed by atoms with Crippen LogP contribution in [-0.2, 0) is 14.3 Å². The number of carbonyl (C=O) groups is 1. The fourth-order valence-electron chi connectivity index (χ4n) is 7.98. The summed E-state index contributed by atoms with van der Waals surface area (Å²) in [5, 5.41) is 0. The summed E-state index contributed by atoms with van der Waals surface area (Å²) < 4.78 is 11.5. The van der Waals surface area contributed by atoms with E-state index in [9.17, 15) is 4.79 Å². The molecule has 0 aromatic heterocycles. The molecule has 6 rings (SSSR count). The van der Waals surface area contributed by atoms with Gasteiger partial charge in [0.2, 0.25) is 0 Å². The first-order valence-electron chi connectivity index (χ1n) is 9.61. The molecular formula is C20H26O3. The Morgan fingerprint density at radius 2 is 2.04 bits per heavy atom. The highest BCUT2D eigenvalue weighted by Crippen LogP contribution is 2.74. The van der Waals surface area contributed by atoms with Crippen LogP contribution in [0, 0.1) is 28.6 Å². The molecule has 0 aromatic rings. The SMILES string of the molecule is C[C@@]12CC[C@H]3OC(=O)C=C3[C@H]1CC[C@@]13C[C@@H](CC[C@H]12)[C@@]1(CO1)C3. The third kappa shape index (κ3) is 1.49. The lowest BCUT2D eigenvalue weighted by molar-refractivity contribution is -0.143. The van der Waals surface area contributed by atoms with E-state index in [1.54, 1.807) is 0 Å². The number of hydrogen-bond acceptors (Lipinski definition) is 3. The van der Waals surface area contributed by atoms with Crippen molar-refractivity contribution in [2.24, 2.45) is 28.6 Å². The second-order valence-electron chi connectivity index (χ2n) is 9.63. The maximum absolute atomic E-state index is 11.8. The van der Waals surface area contributed by atoms with Crippen LogP contribution in [0.4, 0.5) is 0 Å². The van der Waals surface area contributed by atoms with E-state index in [1.165, 1.54) is 50.5 Å². The lowest BCUT2D eigenvalue weighted by Crippen LogP contribution is -2.53. The number of hydrogen-bond donors (Lipinski definition) is 0. The van der Waals surface area contributed by atoms with E-state index < -0.39 is 0 Å². The molecule has 0 radical (unpaired) electrons. The van der Waals surface area contributed by atoms with Crippen molar-refractivity contribution in [1.82, 2.24) is 0 Å². The first-order valence-corrected chi connectivity index (χ1v) is 9.61. The molecule has 4 saturated carbocycles. The van der Waals surface area contributed by atoms with Gasteiger partial charge in [0.05, 0.1) is 12.2 Å². The fourth-order valence-corrected chi connectivity index (χ4v) is 7.98. The van der Waals surface area contributed by atoms with E-state index in [0.29, 0.717) is 22.3 Å². The zero-order valence-corrected chi connectivity index (χ0v) is 14.0. The van der Waals surface area contributed by atoms with Gasteiger partial charge in [-0.2, -0.15) is 0 Å². The highest BCUT2D eigenvalue weighted by Gasteiger charge is 2.70. The zero-order valence-electron chi connectivity index (χ0n) is 14.0. The summed E-state index contributed by atoms with van der Waals surface area (Å²) in [6, 6.07) is 0. The minimum atomic E-state index is -0.0931. The van der Waals surface area contributed by atoms with Gasteiger partial charge < -0.3 is 9.47 Å². The van der Waals surface area contributed by atoms with Gasteiger partial charge >= 0.3 is 5.97 Å². The van der Waals surface area contributed by atoms with Gasteiger partial charge in [-0.3, -0.25) is 0 Å². The summed E-state index contributed by atoms with van der Waals surface area (Å²) in [4.78, 5) is 11.8. The van der Waals surface area contributed by atoms with Crippen molar-refractivity contribution < 1.29 is 14.3 Å². The molecule has 7 atom stereocenters. The summed E-state index contributed by atoms with van der Waals surface area (Å²) in [6.07, 6.45) is 12.3. The second kappa shape index (κ2) is 3.87. The maximum Gasteiger partial charge on any atom is 0.331 e. The lowest BCUT2D eigenvalue weighted by atomic mass is 9.44. The van der Waals surface area contributed by atoms with Crippen LogP contribution in [0.25, 0.3) is 0 Å². The van der Waals surface area contributed by atoms with Gasteiger partial charge in [0.25, 0.3) is 0 Å². The standard InChI is InChI=1S/C20H26O3/c1-18-6-5-15-13(8-17(21)23-15)14(18)4-7-19-9-12(2-3-16(18)19)20(10-19)11-22-20/h8,12,14-16H,2-7,9-11H2,1H3/t12-,14-,15-,16+,18-,19+,20+/m1/s1. The Hall–Kier alpha value is -0.830. The Morgan fingerprint density at radius 1 is 1.17 bits per heavy atom.